The molecule has 0 radical (unpaired) electrons. The molecule has 1 aliphatic heterocycles. The van der Waals surface area contributed by atoms with Crippen molar-refractivity contribution in [1.29, 1.82) is 0 Å². The number of nitrogens with zero attached hydrogens (tertiary/aromatic N) is 4. The highest BCUT2D eigenvalue weighted by Gasteiger charge is 2.31. The van der Waals surface area contributed by atoms with Crippen molar-refractivity contribution in [1.82, 2.24) is 9.47 Å². The topological polar surface area (TPSA) is 49.9 Å². The summed E-state index contributed by atoms with van der Waals surface area (Å²) in [6.07, 6.45) is 1.29. The van der Waals surface area contributed by atoms with Gasteiger partial charge in [-0.05, 0) is 48.7 Å². The monoisotopic (exact) mass is 568 g/mol. The second kappa shape index (κ2) is 11.2. The van der Waals surface area contributed by atoms with E-state index in [1.54, 1.807) is 39.8 Å². The number of anilines is 1. The highest BCUT2D eigenvalue weighted by Crippen LogP contribution is 2.42. The summed E-state index contributed by atoms with van der Waals surface area (Å²) in [5.41, 5.74) is 2.86. The van der Waals surface area contributed by atoms with Crippen LogP contribution in [0, 0.1) is 12.4 Å². The minimum absolute atomic E-state index is 0.0267. The average molecular weight is 569 g/mol. The summed E-state index contributed by atoms with van der Waals surface area (Å²) in [5, 5.41) is 0.907. The Kier molecular flexibility index (Phi) is 7.70. The molecule has 0 unspecified atom stereocenters. The zero-order valence-corrected chi connectivity index (χ0v) is 24.0. The Morgan fingerprint density at radius 3 is 2.49 bits per heavy atom. The van der Waals surface area contributed by atoms with Gasteiger partial charge in [0, 0.05) is 47.2 Å². The molecule has 2 heterocycles. The predicted molar refractivity (Wildman–Crippen MR) is 164 cm³/mol. The van der Waals surface area contributed by atoms with Gasteiger partial charge in [-0.2, -0.15) is 0 Å². The summed E-state index contributed by atoms with van der Waals surface area (Å²) >= 11 is 6.84. The summed E-state index contributed by atoms with van der Waals surface area (Å²) in [6.45, 7) is 19.0. The Morgan fingerprint density at radius 1 is 1.12 bits per heavy atom. The first kappa shape index (κ1) is 28.1. The number of halogens is 2. The van der Waals surface area contributed by atoms with Crippen molar-refractivity contribution in [2.75, 3.05) is 24.5 Å². The van der Waals surface area contributed by atoms with Crippen molar-refractivity contribution >= 4 is 39.8 Å². The van der Waals surface area contributed by atoms with Crippen LogP contribution in [0.2, 0.25) is 5.02 Å². The van der Waals surface area contributed by atoms with Crippen LogP contribution in [0.4, 0.5) is 15.8 Å². The highest BCUT2D eigenvalue weighted by atomic mass is 35.5. The van der Waals surface area contributed by atoms with Crippen molar-refractivity contribution in [2.24, 2.45) is 0 Å². The zero-order chi connectivity index (χ0) is 29.4. The summed E-state index contributed by atoms with van der Waals surface area (Å²) in [4.78, 5) is 34.1. The number of fused-ring (bicyclic) bond motifs is 1. The Labute approximate surface area is 243 Å². The molecule has 1 saturated heterocycles. The third-order valence-electron chi connectivity index (χ3n) is 7.69. The van der Waals surface area contributed by atoms with Crippen molar-refractivity contribution in [3.63, 3.8) is 0 Å². The third kappa shape index (κ3) is 4.89. The fraction of sp³-hybridized carbons (Fsp3) is 0.242. The smallest absolute Gasteiger partial charge is 0.274 e. The van der Waals surface area contributed by atoms with Crippen LogP contribution in [-0.4, -0.2) is 41.1 Å². The van der Waals surface area contributed by atoms with Gasteiger partial charge in [0.1, 0.15) is 5.82 Å². The van der Waals surface area contributed by atoms with Crippen LogP contribution >= 0.6 is 11.6 Å². The zero-order valence-electron chi connectivity index (χ0n) is 23.2. The maximum Gasteiger partial charge on any atom is 0.274 e. The molecule has 0 saturated carbocycles. The van der Waals surface area contributed by atoms with Crippen molar-refractivity contribution in [3.05, 3.63) is 111 Å². The SMILES string of the molecule is [C-]#[N+]c1c(N2CCN(C(=O)C=C)C[C@@H]2C)c2cc(Cl)c(-c3ccccc3F)cc2n(-c2ccccc2C(C)C)c1=O. The molecule has 0 N–H and O–H groups in total. The Hall–Kier alpha value is -4.41. The van der Waals surface area contributed by atoms with Gasteiger partial charge in [0.25, 0.3) is 11.2 Å². The first-order valence-electron chi connectivity index (χ1n) is 13.5. The molecule has 3 aromatic carbocycles. The van der Waals surface area contributed by atoms with E-state index >= 15 is 0 Å². The Morgan fingerprint density at radius 2 is 1.83 bits per heavy atom. The number of benzene rings is 3. The largest absolute Gasteiger partial charge is 0.373 e. The minimum atomic E-state index is -0.464. The minimum Gasteiger partial charge on any atom is -0.373 e. The summed E-state index contributed by atoms with van der Waals surface area (Å²) in [7, 11) is 0. The van der Waals surface area contributed by atoms with Gasteiger partial charge in [-0.1, -0.05) is 68.4 Å². The van der Waals surface area contributed by atoms with E-state index in [4.69, 9.17) is 18.2 Å². The number of amides is 1. The molecule has 208 valence electrons. The first-order chi connectivity index (χ1) is 19.7. The van der Waals surface area contributed by atoms with Crippen LogP contribution in [0.3, 0.4) is 0 Å². The molecule has 4 aromatic rings. The van der Waals surface area contributed by atoms with Gasteiger partial charge < -0.3 is 9.80 Å². The number of piperazine rings is 1. The lowest BCUT2D eigenvalue weighted by atomic mass is 9.98. The summed E-state index contributed by atoms with van der Waals surface area (Å²) in [6, 6.07) is 17.3. The maximum absolute atomic E-state index is 15.0. The van der Waals surface area contributed by atoms with Crippen LogP contribution in [0.25, 0.3) is 32.6 Å². The Balaban J connectivity index is 1.87. The van der Waals surface area contributed by atoms with Gasteiger partial charge in [0.05, 0.1) is 23.5 Å². The van der Waals surface area contributed by atoms with Crippen LogP contribution in [0.1, 0.15) is 32.3 Å². The number of pyridine rings is 1. The molecule has 0 aliphatic carbocycles. The predicted octanol–water partition coefficient (Wildman–Crippen LogP) is 7.35. The van der Waals surface area contributed by atoms with Gasteiger partial charge in [-0.15, -0.1) is 0 Å². The molecule has 0 bridgehead atoms. The van der Waals surface area contributed by atoms with E-state index in [9.17, 15) is 14.0 Å². The van der Waals surface area contributed by atoms with Crippen LogP contribution in [-0.2, 0) is 4.79 Å². The molecule has 8 heteroatoms. The Bertz CT molecular complexity index is 1790. The van der Waals surface area contributed by atoms with E-state index in [2.05, 4.69) is 11.4 Å². The van der Waals surface area contributed by atoms with E-state index in [1.165, 1.54) is 12.1 Å². The lowest BCUT2D eigenvalue weighted by molar-refractivity contribution is -0.126. The maximum atomic E-state index is 15.0. The molecule has 1 amide bonds. The van der Waals surface area contributed by atoms with Gasteiger partial charge in [0.2, 0.25) is 5.91 Å². The molecule has 6 nitrogen and oxygen atoms in total. The van der Waals surface area contributed by atoms with Crippen LogP contribution in [0.15, 0.2) is 78.1 Å². The highest BCUT2D eigenvalue weighted by molar-refractivity contribution is 6.34. The molecule has 1 atom stereocenters. The molecule has 5 rings (SSSR count). The molecule has 1 fully saturated rings. The number of aromatic nitrogens is 1. The first-order valence-corrected chi connectivity index (χ1v) is 13.9. The van der Waals surface area contributed by atoms with Crippen LogP contribution in [0.5, 0.6) is 0 Å². The summed E-state index contributed by atoms with van der Waals surface area (Å²) in [5.74, 6) is -0.497. The normalized spacial score (nSPS) is 15.3. The van der Waals surface area contributed by atoms with E-state index in [0.29, 0.717) is 58.1 Å². The van der Waals surface area contributed by atoms with E-state index in [-0.39, 0.29) is 23.6 Å². The molecule has 1 aromatic heterocycles. The molecule has 41 heavy (non-hydrogen) atoms. The van der Waals surface area contributed by atoms with Crippen molar-refractivity contribution in [3.8, 4) is 16.8 Å². The van der Waals surface area contributed by atoms with Crippen molar-refractivity contribution < 1.29 is 9.18 Å². The van der Waals surface area contributed by atoms with E-state index in [1.807, 2.05) is 49.9 Å². The number of rotatable bonds is 5. The number of hydrogen-bond donors (Lipinski definition) is 0. The lowest BCUT2D eigenvalue weighted by Crippen LogP contribution is -2.53. The molecular formula is C33H30ClFN4O2. The number of para-hydroxylation sites is 1. The third-order valence-corrected chi connectivity index (χ3v) is 8.00. The quantitative estimate of drug-likeness (QED) is 0.187. The van der Waals surface area contributed by atoms with E-state index in [0.717, 1.165) is 5.56 Å². The molecule has 0 spiro atoms. The molecular weight excluding hydrogens is 539 g/mol. The lowest BCUT2D eigenvalue weighted by Gasteiger charge is -2.42. The fourth-order valence-corrected chi connectivity index (χ4v) is 5.96. The van der Waals surface area contributed by atoms with Gasteiger partial charge in [-0.25, -0.2) is 9.24 Å². The van der Waals surface area contributed by atoms with Gasteiger partial charge in [-0.3, -0.25) is 14.2 Å². The van der Waals surface area contributed by atoms with Crippen LogP contribution < -0.4 is 10.5 Å². The average Bonchev–Trinajstić information content (AvgIpc) is 2.96. The summed E-state index contributed by atoms with van der Waals surface area (Å²) < 4.78 is 16.5. The molecule has 1 aliphatic rings. The number of carbonyl (C=O) groups is 1. The fourth-order valence-electron chi connectivity index (χ4n) is 5.70. The second-order valence-corrected chi connectivity index (χ2v) is 10.9. The number of hydrogen-bond acceptors (Lipinski definition) is 3. The second-order valence-electron chi connectivity index (χ2n) is 10.5. The van der Waals surface area contributed by atoms with Gasteiger partial charge in [0.15, 0.2) is 0 Å². The standard InChI is InChI=1S/C33H30ClFN4O2/c1-6-30(40)37-15-16-38(21(4)19-37)32-25-17-26(34)24(23-12-7-9-13-27(23)35)18-29(25)39(33(41)31(32)36-5)28-14-10-8-11-22(28)20(2)3/h6-14,17-18,20-21H,1,15-16,19H2,2-4H3/t21-/m0/s1. The van der Waals surface area contributed by atoms with Gasteiger partial charge >= 0.3 is 0 Å². The number of carbonyl (C=O) groups excluding carboxylic acids is 1. The van der Waals surface area contributed by atoms with E-state index < -0.39 is 11.4 Å². The van der Waals surface area contributed by atoms with Crippen molar-refractivity contribution in [2.45, 2.75) is 32.7 Å².